The molecule has 1 aromatic heterocycles. The normalized spacial score (nSPS) is 12.7. The molecule has 3 N–H and O–H groups in total. The number of nitrogens with two attached hydrogens (primary N) is 1. The summed E-state index contributed by atoms with van der Waals surface area (Å²) in [4.78, 5) is 0. The Balaban J connectivity index is 2.55. The van der Waals surface area contributed by atoms with Gasteiger partial charge in [0.05, 0.1) is 11.7 Å². The van der Waals surface area contributed by atoms with Gasteiger partial charge >= 0.3 is 0 Å². The molecular formula is C13H15F3N4. The minimum Gasteiger partial charge on any atom is -0.275 e. The van der Waals surface area contributed by atoms with Crippen LogP contribution in [0.2, 0.25) is 0 Å². The Kier molecular flexibility index (Phi) is 4.10. The zero-order valence-corrected chi connectivity index (χ0v) is 11.1. The van der Waals surface area contributed by atoms with E-state index in [9.17, 15) is 13.2 Å². The Morgan fingerprint density at radius 3 is 2.55 bits per heavy atom. The average Bonchev–Trinajstić information content (AvgIpc) is 2.80. The van der Waals surface area contributed by atoms with Gasteiger partial charge in [-0.15, -0.1) is 0 Å². The van der Waals surface area contributed by atoms with Gasteiger partial charge in [-0.1, -0.05) is 13.0 Å². The van der Waals surface area contributed by atoms with Gasteiger partial charge in [-0.25, -0.2) is 18.6 Å². The molecule has 0 aliphatic carbocycles. The van der Waals surface area contributed by atoms with Crippen molar-refractivity contribution in [3.05, 3.63) is 52.6 Å². The van der Waals surface area contributed by atoms with Crippen LogP contribution in [0.15, 0.2) is 18.3 Å². The summed E-state index contributed by atoms with van der Waals surface area (Å²) in [5, 5.41) is 4.22. The lowest BCUT2D eigenvalue weighted by Crippen LogP contribution is -2.30. The number of rotatable bonds is 4. The quantitative estimate of drug-likeness (QED) is 0.512. The third-order valence-corrected chi connectivity index (χ3v) is 3.13. The van der Waals surface area contributed by atoms with Gasteiger partial charge in [-0.05, 0) is 12.5 Å². The highest BCUT2D eigenvalue weighted by Crippen LogP contribution is 2.28. The van der Waals surface area contributed by atoms with Crippen molar-refractivity contribution < 1.29 is 13.2 Å². The second kappa shape index (κ2) is 5.64. The molecule has 2 aromatic rings. The highest BCUT2D eigenvalue weighted by atomic mass is 19.2. The number of aryl methyl sites for hydroxylation is 2. The number of hydrogen-bond acceptors (Lipinski definition) is 3. The highest BCUT2D eigenvalue weighted by Gasteiger charge is 2.24. The van der Waals surface area contributed by atoms with Crippen LogP contribution in [0.5, 0.6) is 0 Å². The molecule has 7 heteroatoms. The molecule has 1 heterocycles. The van der Waals surface area contributed by atoms with Gasteiger partial charge in [0.2, 0.25) is 0 Å². The summed E-state index contributed by atoms with van der Waals surface area (Å²) >= 11 is 0. The molecule has 0 saturated carbocycles. The maximum absolute atomic E-state index is 13.9. The molecule has 0 aliphatic heterocycles. The molecule has 1 unspecified atom stereocenters. The number of aromatic nitrogens is 2. The van der Waals surface area contributed by atoms with E-state index in [0.717, 1.165) is 6.07 Å². The number of hydrogen-bond donors (Lipinski definition) is 2. The summed E-state index contributed by atoms with van der Waals surface area (Å²) in [7, 11) is 1.72. The molecule has 0 bridgehead atoms. The number of nitrogens with zero attached hydrogens (tertiary/aromatic N) is 2. The van der Waals surface area contributed by atoms with E-state index in [-0.39, 0.29) is 5.56 Å². The van der Waals surface area contributed by atoms with Crippen molar-refractivity contribution in [3.63, 3.8) is 0 Å². The largest absolute Gasteiger partial charge is 0.275 e. The van der Waals surface area contributed by atoms with E-state index < -0.39 is 23.5 Å². The third kappa shape index (κ3) is 2.41. The van der Waals surface area contributed by atoms with Gasteiger partial charge < -0.3 is 0 Å². The summed E-state index contributed by atoms with van der Waals surface area (Å²) in [6.45, 7) is 1.89. The maximum atomic E-state index is 13.9. The minimum atomic E-state index is -1.51. The van der Waals surface area contributed by atoms with Crippen molar-refractivity contribution >= 4 is 0 Å². The van der Waals surface area contributed by atoms with Gasteiger partial charge in [0, 0.05) is 24.4 Å². The topological polar surface area (TPSA) is 55.9 Å². The molecule has 0 aliphatic rings. The summed E-state index contributed by atoms with van der Waals surface area (Å²) in [5.41, 5.74) is 3.70. The molecule has 1 atom stereocenters. The average molecular weight is 284 g/mol. The van der Waals surface area contributed by atoms with Gasteiger partial charge in [0.15, 0.2) is 17.5 Å². The number of halogens is 3. The first-order valence-corrected chi connectivity index (χ1v) is 6.11. The molecule has 0 amide bonds. The molecular weight excluding hydrogens is 269 g/mol. The van der Waals surface area contributed by atoms with Gasteiger partial charge in [-0.2, -0.15) is 5.10 Å². The lowest BCUT2D eigenvalue weighted by atomic mass is 9.98. The van der Waals surface area contributed by atoms with Gasteiger partial charge in [0.1, 0.15) is 0 Å². The molecule has 4 nitrogen and oxygen atoms in total. The van der Waals surface area contributed by atoms with Crippen LogP contribution < -0.4 is 11.3 Å². The molecule has 0 fully saturated rings. The molecule has 108 valence electrons. The van der Waals surface area contributed by atoms with Crippen molar-refractivity contribution in [1.82, 2.24) is 15.2 Å². The van der Waals surface area contributed by atoms with E-state index in [2.05, 4.69) is 10.5 Å². The molecule has 0 spiro atoms. The highest BCUT2D eigenvalue weighted by molar-refractivity contribution is 5.34. The van der Waals surface area contributed by atoms with Crippen LogP contribution in [0.3, 0.4) is 0 Å². The van der Waals surface area contributed by atoms with Crippen LogP contribution in [0.1, 0.15) is 29.8 Å². The Morgan fingerprint density at radius 1 is 1.25 bits per heavy atom. The van der Waals surface area contributed by atoms with E-state index in [0.29, 0.717) is 17.7 Å². The van der Waals surface area contributed by atoms with Crippen molar-refractivity contribution in [3.8, 4) is 0 Å². The fraction of sp³-hybridized carbons (Fsp3) is 0.308. The third-order valence-electron chi connectivity index (χ3n) is 3.13. The minimum absolute atomic E-state index is 0.0610. The first kappa shape index (κ1) is 14.5. The maximum Gasteiger partial charge on any atom is 0.194 e. The van der Waals surface area contributed by atoms with Gasteiger partial charge in [-0.3, -0.25) is 10.5 Å². The fourth-order valence-corrected chi connectivity index (χ4v) is 2.18. The second-order valence-electron chi connectivity index (χ2n) is 4.42. The SMILES string of the molecule is CCc1nn(C)cc1C(NN)c1ccc(F)c(F)c1F. The fourth-order valence-electron chi connectivity index (χ4n) is 2.18. The second-order valence-corrected chi connectivity index (χ2v) is 4.42. The van der Waals surface area contributed by atoms with E-state index in [1.807, 2.05) is 6.92 Å². The van der Waals surface area contributed by atoms with Crippen LogP contribution in [-0.4, -0.2) is 9.78 Å². The van der Waals surface area contributed by atoms with Crippen LogP contribution in [0.4, 0.5) is 13.2 Å². The van der Waals surface area contributed by atoms with Crippen LogP contribution >= 0.6 is 0 Å². The van der Waals surface area contributed by atoms with Gasteiger partial charge in [0.25, 0.3) is 0 Å². The first-order chi connectivity index (χ1) is 9.49. The Labute approximate surface area is 114 Å². The smallest absolute Gasteiger partial charge is 0.194 e. The number of benzene rings is 1. The summed E-state index contributed by atoms with van der Waals surface area (Å²) in [5.74, 6) is 1.46. The number of hydrazine groups is 1. The summed E-state index contributed by atoms with van der Waals surface area (Å²) in [6, 6.07) is 1.25. The molecule has 2 rings (SSSR count). The van der Waals surface area contributed by atoms with Crippen molar-refractivity contribution in [2.24, 2.45) is 12.9 Å². The molecule has 0 radical (unpaired) electrons. The predicted octanol–water partition coefficient (Wildman–Crippen LogP) is 1.95. The summed E-state index contributed by atoms with van der Waals surface area (Å²) < 4.78 is 41.8. The van der Waals surface area contributed by atoms with Crippen molar-refractivity contribution in [2.75, 3.05) is 0 Å². The monoisotopic (exact) mass is 284 g/mol. The van der Waals surface area contributed by atoms with E-state index >= 15 is 0 Å². The zero-order valence-electron chi connectivity index (χ0n) is 11.1. The molecule has 20 heavy (non-hydrogen) atoms. The Bertz CT molecular complexity index is 624. The summed E-state index contributed by atoms with van der Waals surface area (Å²) in [6.07, 6.45) is 2.28. The lowest BCUT2D eigenvalue weighted by molar-refractivity contribution is 0.433. The predicted molar refractivity (Wildman–Crippen MR) is 68.1 cm³/mol. The van der Waals surface area contributed by atoms with Crippen LogP contribution in [-0.2, 0) is 13.5 Å². The van der Waals surface area contributed by atoms with Crippen molar-refractivity contribution in [2.45, 2.75) is 19.4 Å². The van der Waals surface area contributed by atoms with E-state index in [4.69, 9.17) is 5.84 Å². The molecule has 1 aromatic carbocycles. The number of nitrogens with one attached hydrogen (secondary N) is 1. The van der Waals surface area contributed by atoms with Crippen molar-refractivity contribution in [1.29, 1.82) is 0 Å². The zero-order chi connectivity index (χ0) is 14.9. The Hall–Kier alpha value is -1.86. The van der Waals surface area contributed by atoms with Crippen LogP contribution in [0.25, 0.3) is 0 Å². The Morgan fingerprint density at radius 2 is 1.95 bits per heavy atom. The lowest BCUT2D eigenvalue weighted by Gasteiger charge is -2.17. The first-order valence-electron chi connectivity index (χ1n) is 6.11. The molecule has 0 saturated heterocycles. The van der Waals surface area contributed by atoms with E-state index in [1.54, 1.807) is 17.9 Å². The van der Waals surface area contributed by atoms with Crippen LogP contribution in [0, 0.1) is 17.5 Å². The van der Waals surface area contributed by atoms with E-state index in [1.165, 1.54) is 6.07 Å². The standard InChI is InChI=1S/C13H15F3N4/c1-3-10-8(6-20(2)19-10)13(18-17)7-4-5-9(14)12(16)11(7)15/h4-6,13,18H,3,17H2,1-2H3.